The van der Waals surface area contributed by atoms with Crippen molar-refractivity contribution in [3.8, 4) is 0 Å². The van der Waals surface area contributed by atoms with Gasteiger partial charge in [-0.05, 0) is 19.8 Å². The van der Waals surface area contributed by atoms with Gasteiger partial charge in [-0.3, -0.25) is 10.7 Å². The number of carbonyl (C=O) groups excluding carboxylic acids is 2. The molecule has 0 aromatic rings. The molecule has 11 heteroatoms. The number of nitrogens with zero attached hydrogens (tertiary/aromatic N) is 3. The number of ether oxygens (including phenoxy) is 2. The zero-order chi connectivity index (χ0) is 22.3. The second-order valence-corrected chi connectivity index (χ2v) is 7.81. The molecular formula is C19H30N6O4S. The number of quaternary nitrogens is 1. The Balaban J connectivity index is 0.000000386. The van der Waals surface area contributed by atoms with E-state index in [1.54, 1.807) is 11.8 Å². The summed E-state index contributed by atoms with van der Waals surface area (Å²) in [5.74, 6) is 1.38. The average Bonchev–Trinajstić information content (AvgIpc) is 2.69. The molecule has 1 spiro atoms. The lowest BCUT2D eigenvalue weighted by molar-refractivity contribution is -0.888. The van der Waals surface area contributed by atoms with Crippen LogP contribution in [0.2, 0.25) is 0 Å². The number of hydrogen-bond donors (Lipinski definition) is 4. The number of aliphatic imine (C=N–C) groups is 1. The molecule has 0 aromatic heterocycles. The Labute approximate surface area is 181 Å². The first-order valence-corrected chi connectivity index (χ1v) is 10.4. The summed E-state index contributed by atoms with van der Waals surface area (Å²) in [6, 6.07) is 0. The summed E-state index contributed by atoms with van der Waals surface area (Å²) >= 11 is 4.20. The molecule has 0 saturated carbocycles. The van der Waals surface area contributed by atoms with Crippen molar-refractivity contribution in [2.75, 3.05) is 53.0 Å². The van der Waals surface area contributed by atoms with Gasteiger partial charge in [-0.2, -0.15) is 0 Å². The third-order valence-electron chi connectivity index (χ3n) is 5.51. The van der Waals surface area contributed by atoms with Gasteiger partial charge >= 0.3 is 6.09 Å². The highest BCUT2D eigenvalue weighted by atomic mass is 32.1. The van der Waals surface area contributed by atoms with E-state index in [-0.39, 0.29) is 28.6 Å². The predicted octanol–water partition coefficient (Wildman–Crippen LogP) is -1.08. The molecule has 3 rings (SSSR count). The molecule has 5 N–H and O–H groups in total. The van der Waals surface area contributed by atoms with Crippen molar-refractivity contribution in [3.63, 3.8) is 0 Å². The molecule has 30 heavy (non-hydrogen) atoms. The van der Waals surface area contributed by atoms with Gasteiger partial charge in [0.1, 0.15) is 24.0 Å². The van der Waals surface area contributed by atoms with Crippen LogP contribution in [-0.4, -0.2) is 81.7 Å². The number of likely N-dealkylation sites (tertiary alicyclic amines) is 1. The van der Waals surface area contributed by atoms with Crippen LogP contribution in [0.15, 0.2) is 21.2 Å². The number of primary amides is 1. The maximum atomic E-state index is 11.9. The first-order valence-electron chi connectivity index (χ1n) is 9.93. The van der Waals surface area contributed by atoms with Crippen LogP contribution in [0.1, 0.15) is 19.8 Å². The Morgan fingerprint density at radius 3 is 2.40 bits per heavy atom. The number of carbonyl (C=O) groups is 2. The number of nitrogens with one attached hydrogen (secondary N) is 1. The Hall–Kier alpha value is -2.33. The molecule has 3 aliphatic rings. The van der Waals surface area contributed by atoms with E-state index in [1.165, 1.54) is 18.0 Å². The SMILES string of the molecule is CCOC(=O)N1CCC2(CC1)C(=C=[N-])C(N)=NC(S)=C2C(N)=O.C[NH+]1CCOCC1. The van der Waals surface area contributed by atoms with E-state index in [0.29, 0.717) is 25.9 Å². The van der Waals surface area contributed by atoms with Crippen molar-refractivity contribution in [3.05, 3.63) is 21.6 Å². The maximum absolute atomic E-state index is 11.9. The van der Waals surface area contributed by atoms with Gasteiger partial charge in [0.2, 0.25) is 5.91 Å². The van der Waals surface area contributed by atoms with Crippen molar-refractivity contribution < 1.29 is 24.0 Å². The molecule has 2 amide bonds. The van der Waals surface area contributed by atoms with Crippen molar-refractivity contribution in [1.29, 1.82) is 0 Å². The molecule has 0 atom stereocenters. The highest BCUT2D eigenvalue weighted by Crippen LogP contribution is 2.48. The lowest BCUT2D eigenvalue weighted by atomic mass is 9.66. The number of hydrogen-bond acceptors (Lipinski definition) is 7. The number of rotatable bonds is 2. The van der Waals surface area contributed by atoms with E-state index in [0.717, 1.165) is 13.2 Å². The Kier molecular flexibility index (Phi) is 8.48. The quantitative estimate of drug-likeness (QED) is 0.320. The monoisotopic (exact) mass is 438 g/mol. The lowest BCUT2D eigenvalue weighted by Crippen LogP contribution is -3.11. The van der Waals surface area contributed by atoms with E-state index < -0.39 is 17.4 Å². The molecule has 2 saturated heterocycles. The molecule has 0 aromatic carbocycles. The minimum Gasteiger partial charge on any atom is -0.763 e. The number of amides is 2. The second kappa shape index (κ2) is 10.6. The number of nitrogens with two attached hydrogens (primary N) is 2. The highest BCUT2D eigenvalue weighted by Gasteiger charge is 2.48. The van der Waals surface area contributed by atoms with Crippen LogP contribution < -0.4 is 16.4 Å². The van der Waals surface area contributed by atoms with Crippen LogP contribution in [0.25, 0.3) is 5.41 Å². The molecule has 0 bridgehead atoms. The fourth-order valence-corrected chi connectivity index (χ4v) is 4.26. The van der Waals surface area contributed by atoms with Crippen molar-refractivity contribution in [1.82, 2.24) is 4.90 Å². The topological polar surface area (TPSA) is 147 Å². The minimum atomic E-state index is -0.952. The van der Waals surface area contributed by atoms with Gasteiger partial charge in [-0.15, -0.1) is 12.6 Å². The molecule has 0 aliphatic carbocycles. The number of amidine groups is 1. The summed E-state index contributed by atoms with van der Waals surface area (Å²) in [4.78, 5) is 30.8. The molecule has 166 valence electrons. The normalized spacial score (nSPS) is 21.4. The van der Waals surface area contributed by atoms with Crippen LogP contribution in [0.4, 0.5) is 4.79 Å². The molecule has 2 fully saturated rings. The van der Waals surface area contributed by atoms with Gasteiger partial charge in [-0.25, -0.2) is 9.79 Å². The van der Waals surface area contributed by atoms with Crippen LogP contribution in [-0.2, 0) is 14.3 Å². The number of thiol groups is 1. The van der Waals surface area contributed by atoms with E-state index in [4.69, 9.17) is 20.9 Å². The number of piperidine rings is 1. The smallest absolute Gasteiger partial charge is 0.409 e. The molecule has 10 nitrogen and oxygen atoms in total. The third kappa shape index (κ3) is 5.23. The standard InChI is InChI=1S/C14H18N5O3S.C5H11NO/c1-2-22-13(21)19-5-3-14(4-6-19)8(7-15)10(16)18-12(23)9(14)11(17)20;1-6-2-4-7-5-3-6/h23H,2-6H2,1H3,(H2,16,18)(H2,17,20);2-5H2,1H3/q-1;/p+1. The van der Waals surface area contributed by atoms with Crippen molar-refractivity contribution >= 4 is 36.3 Å². The summed E-state index contributed by atoms with van der Waals surface area (Å²) in [5, 5.41) is 9.59. The molecular weight excluding hydrogens is 408 g/mol. The zero-order valence-corrected chi connectivity index (χ0v) is 18.3. The van der Waals surface area contributed by atoms with Gasteiger partial charge in [0.15, 0.2) is 0 Å². The average molecular weight is 439 g/mol. The Morgan fingerprint density at radius 2 is 1.97 bits per heavy atom. The van der Waals surface area contributed by atoms with Crippen molar-refractivity contribution in [2.24, 2.45) is 21.9 Å². The summed E-state index contributed by atoms with van der Waals surface area (Å²) in [6.45, 7) is 6.90. The largest absolute Gasteiger partial charge is 0.763 e. The third-order valence-corrected chi connectivity index (χ3v) is 5.83. The molecule has 0 radical (unpaired) electrons. The van der Waals surface area contributed by atoms with E-state index >= 15 is 0 Å². The number of morpholine rings is 1. The van der Waals surface area contributed by atoms with Gasteiger partial charge < -0.3 is 36.2 Å². The molecule has 3 heterocycles. The van der Waals surface area contributed by atoms with Crippen LogP contribution in [0, 0.1) is 5.41 Å². The highest BCUT2D eigenvalue weighted by molar-refractivity contribution is 7.84. The predicted molar refractivity (Wildman–Crippen MR) is 116 cm³/mol. The number of likely N-dealkylation sites (N-methyl/N-ethyl adjacent to an activating group) is 1. The second-order valence-electron chi connectivity index (χ2n) is 7.38. The summed E-state index contributed by atoms with van der Waals surface area (Å²) in [6.07, 6.45) is 0.231. The first-order chi connectivity index (χ1) is 14.3. The maximum Gasteiger partial charge on any atom is 0.409 e. The lowest BCUT2D eigenvalue weighted by Gasteiger charge is -2.44. The van der Waals surface area contributed by atoms with Gasteiger partial charge in [0, 0.05) is 24.1 Å². The fraction of sp³-hybridized carbons (Fsp3) is 0.632. The van der Waals surface area contributed by atoms with Crippen molar-refractivity contribution in [2.45, 2.75) is 19.8 Å². The van der Waals surface area contributed by atoms with Crippen LogP contribution in [0.3, 0.4) is 0 Å². The zero-order valence-electron chi connectivity index (χ0n) is 17.4. The van der Waals surface area contributed by atoms with Crippen LogP contribution >= 0.6 is 12.6 Å². The van der Waals surface area contributed by atoms with E-state index in [2.05, 4.69) is 24.7 Å². The summed E-state index contributed by atoms with van der Waals surface area (Å²) in [7, 11) is 2.20. The molecule has 3 aliphatic heterocycles. The van der Waals surface area contributed by atoms with Gasteiger partial charge in [0.05, 0.1) is 32.4 Å². The van der Waals surface area contributed by atoms with Gasteiger partial charge in [-0.1, -0.05) is 0 Å². The molecule has 0 unspecified atom stereocenters. The van der Waals surface area contributed by atoms with Gasteiger partial charge in [0.25, 0.3) is 0 Å². The van der Waals surface area contributed by atoms with E-state index in [1.807, 2.05) is 5.87 Å². The minimum absolute atomic E-state index is 0.0343. The fourth-order valence-electron chi connectivity index (χ4n) is 3.83. The Bertz CT molecular complexity index is 776. The summed E-state index contributed by atoms with van der Waals surface area (Å²) in [5.41, 5.74) is 10.7. The van der Waals surface area contributed by atoms with Crippen LogP contribution in [0.5, 0.6) is 0 Å². The van der Waals surface area contributed by atoms with E-state index in [9.17, 15) is 15.0 Å². The Morgan fingerprint density at radius 1 is 1.37 bits per heavy atom. The first kappa shape index (κ1) is 23.9. The summed E-state index contributed by atoms with van der Waals surface area (Å²) < 4.78 is 10.1.